The number of nitrogens with two attached hydrogens (primary N) is 1. The van der Waals surface area contributed by atoms with E-state index in [-0.39, 0.29) is 22.6 Å². The van der Waals surface area contributed by atoms with Crippen molar-refractivity contribution in [1.29, 1.82) is 0 Å². The molecule has 0 bridgehead atoms. The van der Waals surface area contributed by atoms with Crippen LogP contribution in [0.5, 0.6) is 11.5 Å². The average Bonchev–Trinajstić information content (AvgIpc) is 2.93. The quantitative estimate of drug-likeness (QED) is 0.196. The average molecular weight is 598 g/mol. The molecule has 1 saturated carbocycles. The van der Waals surface area contributed by atoms with Gasteiger partial charge in [0.1, 0.15) is 34.4 Å². The molecule has 0 spiro atoms. The van der Waals surface area contributed by atoms with Crippen LogP contribution < -0.4 is 15.8 Å². The summed E-state index contributed by atoms with van der Waals surface area (Å²) in [7, 11) is 2.83. The molecule has 2 aromatic carbocycles. The first kappa shape index (κ1) is 29.7. The number of ether oxygens (including phenoxy) is 1. The third-order valence-electron chi connectivity index (χ3n) is 8.39. The van der Waals surface area contributed by atoms with Gasteiger partial charge in [-0.3, -0.25) is 24.6 Å². The summed E-state index contributed by atoms with van der Waals surface area (Å²) in [5, 5.41) is 59.1. The number of phenolic OH excluding ortho intramolecular Hbond substituents is 1. The highest BCUT2D eigenvalue weighted by molar-refractivity contribution is 6.24. The molecule has 226 valence electrons. The van der Waals surface area contributed by atoms with Crippen LogP contribution in [-0.2, 0) is 14.4 Å². The van der Waals surface area contributed by atoms with Gasteiger partial charge in [-0.25, -0.2) is 9.18 Å². The molecule has 6 atom stereocenters. The van der Waals surface area contributed by atoms with Crippen molar-refractivity contribution in [2.75, 3.05) is 19.4 Å². The van der Waals surface area contributed by atoms with Crippen molar-refractivity contribution in [2.45, 2.75) is 30.6 Å². The van der Waals surface area contributed by atoms with E-state index in [1.54, 1.807) is 6.92 Å². The van der Waals surface area contributed by atoms with Gasteiger partial charge in [0.15, 0.2) is 11.4 Å². The fraction of sp³-hybridized carbons (Fsp3) is 0.310. The van der Waals surface area contributed by atoms with E-state index >= 15 is 0 Å². The van der Waals surface area contributed by atoms with Gasteiger partial charge >= 0.3 is 6.09 Å². The molecular formula is C29H28FN3O10. The number of aliphatic hydroxyl groups excluding tert-OH is 3. The number of hydrogen-bond donors (Lipinski definition) is 7. The van der Waals surface area contributed by atoms with Crippen LogP contribution in [0.1, 0.15) is 24.0 Å². The molecule has 8 N–H and O–H groups in total. The molecule has 0 heterocycles. The number of aromatic hydroxyl groups is 1. The number of ketones is 2. The summed E-state index contributed by atoms with van der Waals surface area (Å²) in [6, 6.07) is 5.79. The predicted octanol–water partition coefficient (Wildman–Crippen LogP) is 1.25. The van der Waals surface area contributed by atoms with Gasteiger partial charge < -0.3 is 36.0 Å². The lowest BCUT2D eigenvalue weighted by atomic mass is 9.54. The van der Waals surface area contributed by atoms with Crippen LogP contribution in [0.25, 0.3) is 5.76 Å². The van der Waals surface area contributed by atoms with E-state index in [4.69, 9.17) is 10.5 Å². The van der Waals surface area contributed by atoms with Gasteiger partial charge in [-0.05, 0) is 55.9 Å². The number of rotatable bonds is 4. The fourth-order valence-corrected chi connectivity index (χ4v) is 6.46. The molecule has 3 aliphatic rings. The van der Waals surface area contributed by atoms with Crippen molar-refractivity contribution in [1.82, 2.24) is 4.90 Å². The normalized spacial score (nSPS) is 28.3. The Labute approximate surface area is 243 Å². The first-order valence-corrected chi connectivity index (χ1v) is 13.1. The number of likely N-dealkylation sites (N-methyl/N-ethyl adjacent to an activating group) is 1. The van der Waals surface area contributed by atoms with Crippen molar-refractivity contribution in [3.05, 3.63) is 70.2 Å². The molecule has 3 aliphatic carbocycles. The summed E-state index contributed by atoms with van der Waals surface area (Å²) in [6.07, 6.45) is -2.81. The van der Waals surface area contributed by atoms with E-state index in [0.29, 0.717) is 0 Å². The van der Waals surface area contributed by atoms with Gasteiger partial charge in [0.25, 0.3) is 5.91 Å². The van der Waals surface area contributed by atoms with Gasteiger partial charge in [0, 0.05) is 11.5 Å². The van der Waals surface area contributed by atoms with Gasteiger partial charge in [0.2, 0.25) is 5.78 Å². The Bertz CT molecular complexity index is 1650. The monoisotopic (exact) mass is 597 g/mol. The minimum atomic E-state index is -3.05. The van der Waals surface area contributed by atoms with Crippen LogP contribution in [0.4, 0.5) is 14.9 Å². The van der Waals surface area contributed by atoms with Crippen LogP contribution in [0.15, 0.2) is 53.3 Å². The highest BCUT2D eigenvalue weighted by Gasteiger charge is 2.68. The number of benzene rings is 2. The van der Waals surface area contributed by atoms with Crippen molar-refractivity contribution in [3.8, 4) is 11.5 Å². The lowest BCUT2D eigenvalue weighted by Gasteiger charge is -2.53. The summed E-state index contributed by atoms with van der Waals surface area (Å²) in [6.45, 7) is 1.58. The molecule has 0 aliphatic heterocycles. The Morgan fingerprint density at radius 1 is 1.07 bits per heavy atom. The molecule has 2 amide bonds. The number of halogens is 1. The van der Waals surface area contributed by atoms with Crippen LogP contribution >= 0.6 is 0 Å². The van der Waals surface area contributed by atoms with E-state index in [2.05, 4.69) is 5.32 Å². The summed E-state index contributed by atoms with van der Waals surface area (Å²) in [5.41, 5.74) is 0.358. The van der Waals surface area contributed by atoms with Crippen LogP contribution in [0.3, 0.4) is 0 Å². The zero-order valence-electron chi connectivity index (χ0n) is 23.0. The number of nitrogens with zero attached hydrogens (tertiary/aromatic N) is 1. The van der Waals surface area contributed by atoms with Crippen molar-refractivity contribution < 1.29 is 53.8 Å². The maximum Gasteiger partial charge on any atom is 0.417 e. The Morgan fingerprint density at radius 2 is 1.70 bits per heavy atom. The van der Waals surface area contributed by atoms with E-state index in [0.717, 1.165) is 12.1 Å². The molecular weight excluding hydrogens is 569 g/mol. The number of carbonyl (C=O) groups excluding carboxylic acids is 4. The van der Waals surface area contributed by atoms with E-state index in [1.165, 1.54) is 43.3 Å². The van der Waals surface area contributed by atoms with Crippen LogP contribution in [-0.4, -0.2) is 85.8 Å². The SMILES string of the molecule is C[C@@H]1c2ccc(NC(=O)Oc3ccc(F)cc3)c(O)c2C(O)=C2C(=O)[C@@]3(O)C(O)=C(C(N)=O)C(=O)[C@H](N(C)C)[C@H]3[C@H](O)[C@H]21. The number of amides is 2. The Balaban J connectivity index is 1.62. The number of Topliss-reactive ketones (excluding diaryl/α,β-unsaturated/α-hetero) is 2. The zero-order valence-corrected chi connectivity index (χ0v) is 23.0. The third kappa shape index (κ3) is 4.25. The topological polar surface area (TPSA) is 220 Å². The van der Waals surface area contributed by atoms with E-state index in [1.807, 2.05) is 0 Å². The van der Waals surface area contributed by atoms with E-state index in [9.17, 15) is 49.1 Å². The Hall–Kier alpha value is -4.79. The Kier molecular flexibility index (Phi) is 7.03. The molecule has 0 radical (unpaired) electrons. The highest BCUT2D eigenvalue weighted by atomic mass is 19.1. The molecule has 2 aromatic rings. The second kappa shape index (κ2) is 10.2. The minimum absolute atomic E-state index is 0.00690. The molecule has 0 saturated heterocycles. The smallest absolute Gasteiger partial charge is 0.417 e. The number of primary amides is 1. The second-order valence-electron chi connectivity index (χ2n) is 10.9. The highest BCUT2D eigenvalue weighted by Crippen LogP contribution is 2.56. The number of hydrogen-bond acceptors (Lipinski definition) is 11. The standard InChI is InChI=1S/C29H28FN3O10/c1-10-13-8-9-14(32-28(41)43-12-6-4-11(30)5-7-12)21(34)16(13)22(35)17-15(10)23(36)19-20(33(2)3)24(37)18(27(31)40)26(39)29(19,42)25(17)38/h4-10,15,19-20,23,34-36,39,42H,1-3H3,(H2,31,40)(H,32,41)/t10-,15+,19+,20-,23-,29-/m1/s1. The number of phenols is 1. The maximum absolute atomic E-state index is 14.0. The molecule has 5 rings (SSSR count). The summed E-state index contributed by atoms with van der Waals surface area (Å²) < 4.78 is 18.2. The molecule has 43 heavy (non-hydrogen) atoms. The van der Waals surface area contributed by atoms with Gasteiger partial charge in [-0.2, -0.15) is 0 Å². The second-order valence-corrected chi connectivity index (χ2v) is 10.9. The summed E-state index contributed by atoms with van der Waals surface area (Å²) in [5.74, 6) is -10.9. The van der Waals surface area contributed by atoms with Gasteiger partial charge in [0.05, 0.1) is 29.3 Å². The number of fused-ring (bicyclic) bond motifs is 3. The van der Waals surface area contributed by atoms with Crippen LogP contribution in [0.2, 0.25) is 0 Å². The molecule has 1 fully saturated rings. The number of anilines is 1. The van der Waals surface area contributed by atoms with Gasteiger partial charge in [-0.1, -0.05) is 13.0 Å². The molecule has 0 aromatic heterocycles. The third-order valence-corrected chi connectivity index (χ3v) is 8.39. The lowest BCUT2D eigenvalue weighted by molar-refractivity contribution is -0.169. The van der Waals surface area contributed by atoms with Crippen LogP contribution in [0, 0.1) is 17.7 Å². The first-order valence-electron chi connectivity index (χ1n) is 13.1. The van der Waals surface area contributed by atoms with Gasteiger partial charge in [-0.15, -0.1) is 0 Å². The van der Waals surface area contributed by atoms with Crippen molar-refractivity contribution in [3.63, 3.8) is 0 Å². The van der Waals surface area contributed by atoms with E-state index < -0.39 is 93.3 Å². The van der Waals surface area contributed by atoms with Crippen molar-refractivity contribution in [2.24, 2.45) is 17.6 Å². The largest absolute Gasteiger partial charge is 0.508 e. The first-order chi connectivity index (χ1) is 20.1. The predicted molar refractivity (Wildman–Crippen MR) is 146 cm³/mol. The molecule has 0 unspecified atom stereocenters. The molecule has 14 heteroatoms. The summed E-state index contributed by atoms with van der Waals surface area (Å²) >= 11 is 0. The fourth-order valence-electron chi connectivity index (χ4n) is 6.46. The number of carbonyl (C=O) groups is 4. The maximum atomic E-state index is 14.0. The molecule has 13 nitrogen and oxygen atoms in total. The number of aliphatic hydroxyl groups is 4. The summed E-state index contributed by atoms with van der Waals surface area (Å²) in [4.78, 5) is 53.1. The minimum Gasteiger partial charge on any atom is -0.508 e. The Morgan fingerprint density at radius 3 is 2.28 bits per heavy atom. The van der Waals surface area contributed by atoms with Crippen molar-refractivity contribution >= 4 is 35.0 Å². The lowest BCUT2D eigenvalue weighted by Crippen LogP contribution is -2.70. The zero-order chi connectivity index (χ0) is 31.7. The number of nitrogens with one attached hydrogen (secondary N) is 1.